The van der Waals surface area contributed by atoms with Gasteiger partial charge in [-0.1, -0.05) is 6.58 Å². The maximum absolute atomic E-state index is 12.8. The highest BCUT2D eigenvalue weighted by Gasteiger charge is 2.29. The molecule has 16 heavy (non-hydrogen) atoms. The minimum Gasteiger partial charge on any atom is -0.490 e. The highest BCUT2D eigenvalue weighted by atomic mass is 19.4. The standard InChI is InChI=1S/C10H13F4NO/c1-7(10(12,13)14)3-4-9(8(2)11)16-6-5-15/h3-4H,1,5-6,15H2,2H3/b4-3-,9-8-. The van der Waals surface area contributed by atoms with Gasteiger partial charge < -0.3 is 10.5 Å². The first kappa shape index (κ1) is 14.7. The molecule has 0 aromatic carbocycles. The van der Waals surface area contributed by atoms with Crippen molar-refractivity contribution in [3.63, 3.8) is 0 Å². The average molecular weight is 239 g/mol. The first-order valence-corrected chi connectivity index (χ1v) is 4.42. The van der Waals surface area contributed by atoms with E-state index >= 15 is 0 Å². The fourth-order valence-electron chi connectivity index (χ4n) is 0.702. The van der Waals surface area contributed by atoms with Crippen LogP contribution >= 0.6 is 0 Å². The predicted octanol–water partition coefficient (Wildman–Crippen LogP) is 2.84. The van der Waals surface area contributed by atoms with E-state index in [2.05, 4.69) is 6.58 Å². The fourth-order valence-corrected chi connectivity index (χ4v) is 0.702. The van der Waals surface area contributed by atoms with E-state index in [4.69, 9.17) is 10.5 Å². The molecule has 0 unspecified atom stereocenters. The minimum absolute atomic E-state index is 0.0272. The van der Waals surface area contributed by atoms with Crippen LogP contribution in [-0.4, -0.2) is 19.3 Å². The molecule has 0 rings (SSSR count). The molecule has 0 aliphatic carbocycles. The Kier molecular flexibility index (Phi) is 5.81. The first-order chi connectivity index (χ1) is 7.29. The van der Waals surface area contributed by atoms with Crippen molar-refractivity contribution in [2.45, 2.75) is 13.1 Å². The molecule has 0 saturated carbocycles. The van der Waals surface area contributed by atoms with Crippen LogP contribution in [0.3, 0.4) is 0 Å². The van der Waals surface area contributed by atoms with Crippen LogP contribution in [-0.2, 0) is 4.74 Å². The Morgan fingerprint density at radius 3 is 2.31 bits per heavy atom. The van der Waals surface area contributed by atoms with E-state index in [0.29, 0.717) is 6.08 Å². The third kappa shape index (κ3) is 5.55. The molecule has 0 spiro atoms. The summed E-state index contributed by atoms with van der Waals surface area (Å²) in [7, 11) is 0. The van der Waals surface area contributed by atoms with Gasteiger partial charge in [-0.3, -0.25) is 0 Å². The molecule has 0 aliphatic rings. The topological polar surface area (TPSA) is 35.2 Å². The number of ether oxygens (including phenoxy) is 1. The summed E-state index contributed by atoms with van der Waals surface area (Å²) in [5.41, 5.74) is 4.03. The Hall–Kier alpha value is -1.30. The van der Waals surface area contributed by atoms with Gasteiger partial charge in [0, 0.05) is 12.1 Å². The average Bonchev–Trinajstić information content (AvgIpc) is 2.15. The highest BCUT2D eigenvalue weighted by molar-refractivity contribution is 5.26. The smallest absolute Gasteiger partial charge is 0.415 e. The van der Waals surface area contributed by atoms with Crippen molar-refractivity contribution in [1.29, 1.82) is 0 Å². The van der Waals surface area contributed by atoms with Crippen molar-refractivity contribution >= 4 is 0 Å². The Morgan fingerprint density at radius 1 is 1.38 bits per heavy atom. The van der Waals surface area contributed by atoms with E-state index in [1.165, 1.54) is 0 Å². The molecule has 6 heteroatoms. The second kappa shape index (κ2) is 6.32. The summed E-state index contributed by atoms with van der Waals surface area (Å²) in [5, 5.41) is 0. The molecule has 0 heterocycles. The van der Waals surface area contributed by atoms with Crippen LogP contribution < -0.4 is 5.73 Å². The van der Waals surface area contributed by atoms with Gasteiger partial charge in [-0.25, -0.2) is 4.39 Å². The van der Waals surface area contributed by atoms with E-state index in [0.717, 1.165) is 13.0 Å². The summed E-state index contributed by atoms with van der Waals surface area (Å²) >= 11 is 0. The Morgan fingerprint density at radius 2 is 1.94 bits per heavy atom. The molecule has 0 amide bonds. The number of allylic oxidation sites excluding steroid dienone is 4. The predicted molar refractivity (Wildman–Crippen MR) is 53.1 cm³/mol. The van der Waals surface area contributed by atoms with Crippen LogP contribution in [0.1, 0.15) is 6.92 Å². The highest BCUT2D eigenvalue weighted by Crippen LogP contribution is 2.25. The molecule has 0 aromatic heterocycles. The van der Waals surface area contributed by atoms with Gasteiger partial charge in [0.15, 0.2) is 0 Å². The lowest BCUT2D eigenvalue weighted by atomic mass is 10.2. The lowest BCUT2D eigenvalue weighted by Crippen LogP contribution is -2.09. The number of hydrogen-bond donors (Lipinski definition) is 1. The molecule has 0 fully saturated rings. The SMILES string of the molecule is C=C(/C=C\C(OCCN)=C(/C)F)C(F)(F)F. The van der Waals surface area contributed by atoms with Gasteiger partial charge in [-0.2, -0.15) is 13.2 Å². The van der Waals surface area contributed by atoms with Crippen LogP contribution in [0.4, 0.5) is 17.6 Å². The van der Waals surface area contributed by atoms with Gasteiger partial charge in [-0.05, 0) is 19.1 Å². The van der Waals surface area contributed by atoms with Crippen LogP contribution in [0, 0.1) is 0 Å². The van der Waals surface area contributed by atoms with Gasteiger partial charge in [-0.15, -0.1) is 0 Å². The van der Waals surface area contributed by atoms with Crippen molar-refractivity contribution in [3.8, 4) is 0 Å². The second-order valence-electron chi connectivity index (χ2n) is 2.89. The second-order valence-corrected chi connectivity index (χ2v) is 2.89. The first-order valence-electron chi connectivity index (χ1n) is 4.42. The van der Waals surface area contributed by atoms with Crippen LogP contribution in [0.25, 0.3) is 0 Å². The van der Waals surface area contributed by atoms with Crippen molar-refractivity contribution in [2.75, 3.05) is 13.2 Å². The lowest BCUT2D eigenvalue weighted by molar-refractivity contribution is -0.0878. The van der Waals surface area contributed by atoms with Gasteiger partial charge in [0.2, 0.25) is 0 Å². The van der Waals surface area contributed by atoms with Gasteiger partial charge in [0.1, 0.15) is 18.2 Å². The third-order valence-corrected chi connectivity index (χ3v) is 1.51. The summed E-state index contributed by atoms with van der Waals surface area (Å²) in [6.07, 6.45) is -3.00. The number of rotatable bonds is 5. The minimum atomic E-state index is -4.53. The van der Waals surface area contributed by atoms with Crippen LogP contribution in [0.2, 0.25) is 0 Å². The molecule has 0 aliphatic heterocycles. The zero-order valence-corrected chi connectivity index (χ0v) is 8.77. The summed E-state index contributed by atoms with van der Waals surface area (Å²) in [6, 6.07) is 0. The number of hydrogen-bond acceptors (Lipinski definition) is 2. The Balaban J connectivity index is 4.60. The number of alkyl halides is 3. The zero-order chi connectivity index (χ0) is 12.8. The fraction of sp³-hybridized carbons (Fsp3) is 0.400. The quantitative estimate of drug-likeness (QED) is 0.455. The zero-order valence-electron chi connectivity index (χ0n) is 8.77. The molecule has 0 aromatic rings. The van der Waals surface area contributed by atoms with E-state index in [9.17, 15) is 17.6 Å². The van der Waals surface area contributed by atoms with Crippen LogP contribution in [0.15, 0.2) is 35.9 Å². The molecule has 2 nitrogen and oxygen atoms in total. The summed E-state index contributed by atoms with van der Waals surface area (Å²) in [6.45, 7) is 4.05. The van der Waals surface area contributed by atoms with Crippen molar-refractivity contribution in [1.82, 2.24) is 0 Å². The van der Waals surface area contributed by atoms with E-state index in [-0.39, 0.29) is 18.9 Å². The Labute approximate surface area is 91.1 Å². The molecule has 92 valence electrons. The van der Waals surface area contributed by atoms with Crippen LogP contribution in [0.5, 0.6) is 0 Å². The maximum atomic E-state index is 12.8. The monoisotopic (exact) mass is 239 g/mol. The largest absolute Gasteiger partial charge is 0.490 e. The number of halogens is 4. The summed E-state index contributed by atoms with van der Waals surface area (Å²) in [5.74, 6) is -1.00. The maximum Gasteiger partial charge on any atom is 0.415 e. The van der Waals surface area contributed by atoms with Crippen molar-refractivity contribution in [3.05, 3.63) is 35.9 Å². The van der Waals surface area contributed by atoms with Crippen molar-refractivity contribution < 1.29 is 22.3 Å². The van der Waals surface area contributed by atoms with E-state index < -0.39 is 17.6 Å². The van der Waals surface area contributed by atoms with Crippen molar-refractivity contribution in [2.24, 2.45) is 5.73 Å². The van der Waals surface area contributed by atoms with Gasteiger partial charge >= 0.3 is 6.18 Å². The normalized spacial score (nSPS) is 13.9. The van der Waals surface area contributed by atoms with E-state index in [1.54, 1.807) is 0 Å². The Bertz CT molecular complexity index is 300. The van der Waals surface area contributed by atoms with E-state index in [1.807, 2.05) is 0 Å². The van der Waals surface area contributed by atoms with Gasteiger partial charge in [0.25, 0.3) is 0 Å². The molecule has 2 N–H and O–H groups in total. The molecular weight excluding hydrogens is 226 g/mol. The van der Waals surface area contributed by atoms with Gasteiger partial charge in [0.05, 0.1) is 0 Å². The number of nitrogens with two attached hydrogens (primary N) is 1. The molecule has 0 atom stereocenters. The third-order valence-electron chi connectivity index (χ3n) is 1.51. The summed E-state index contributed by atoms with van der Waals surface area (Å²) < 4.78 is 53.7. The molecule has 0 saturated heterocycles. The molecular formula is C10H13F4NO. The summed E-state index contributed by atoms with van der Waals surface area (Å²) in [4.78, 5) is 0. The lowest BCUT2D eigenvalue weighted by Gasteiger charge is -2.07. The molecule has 0 radical (unpaired) electrons. The molecule has 0 bridgehead atoms.